The van der Waals surface area contributed by atoms with Gasteiger partial charge in [-0.2, -0.15) is 0 Å². The number of aryl methyl sites for hydroxylation is 1. The molecule has 1 aromatic heterocycles. The molecule has 1 aromatic carbocycles. The Labute approximate surface area is 128 Å². The summed E-state index contributed by atoms with van der Waals surface area (Å²) in [6, 6.07) is 6.56. The second-order valence-corrected chi connectivity index (χ2v) is 7.23. The van der Waals surface area contributed by atoms with Gasteiger partial charge in [0.05, 0.1) is 6.61 Å². The van der Waals surface area contributed by atoms with E-state index in [1.807, 2.05) is 18.4 Å². The Bertz CT molecular complexity index is 724. The summed E-state index contributed by atoms with van der Waals surface area (Å²) in [4.78, 5) is 1.05. The van der Waals surface area contributed by atoms with Crippen LogP contribution in [0.15, 0.2) is 34.5 Å². The highest BCUT2D eigenvalue weighted by molar-refractivity contribution is 7.89. The highest BCUT2D eigenvalue weighted by Crippen LogP contribution is 2.26. The summed E-state index contributed by atoms with van der Waals surface area (Å²) in [7, 11) is -3.68. The lowest BCUT2D eigenvalue weighted by molar-refractivity contribution is 0.331. The molecule has 2 aromatic rings. The number of rotatable bonds is 6. The monoisotopic (exact) mass is 326 g/mol. The maximum atomic E-state index is 12.4. The van der Waals surface area contributed by atoms with Gasteiger partial charge in [-0.25, -0.2) is 13.1 Å². The highest BCUT2D eigenvalue weighted by atomic mass is 32.2. The summed E-state index contributed by atoms with van der Waals surface area (Å²) < 4.78 is 32.8. The minimum absolute atomic E-state index is 0.0681. The molecule has 7 heteroatoms. The van der Waals surface area contributed by atoms with Gasteiger partial charge in [0.15, 0.2) is 0 Å². The van der Waals surface area contributed by atoms with E-state index in [1.165, 1.54) is 17.4 Å². The van der Waals surface area contributed by atoms with Crippen molar-refractivity contribution in [2.75, 3.05) is 12.3 Å². The largest absolute Gasteiger partial charge is 0.492 e. The molecule has 2 rings (SSSR count). The first-order chi connectivity index (χ1) is 9.94. The maximum Gasteiger partial charge on any atom is 0.244 e. The fourth-order valence-electron chi connectivity index (χ4n) is 1.83. The van der Waals surface area contributed by atoms with Crippen molar-refractivity contribution >= 4 is 27.0 Å². The van der Waals surface area contributed by atoms with E-state index in [0.717, 1.165) is 10.4 Å². The van der Waals surface area contributed by atoms with Gasteiger partial charge >= 0.3 is 0 Å². The van der Waals surface area contributed by atoms with Crippen LogP contribution in [-0.2, 0) is 16.6 Å². The number of anilines is 1. The number of ether oxygens (including phenoxy) is 1. The molecular formula is C14H18N2O3S2. The minimum atomic E-state index is -3.68. The van der Waals surface area contributed by atoms with Crippen LogP contribution in [0.5, 0.6) is 5.75 Å². The van der Waals surface area contributed by atoms with Crippen molar-refractivity contribution in [2.45, 2.75) is 25.3 Å². The predicted octanol–water partition coefficient (Wildman–Crippen LogP) is 2.52. The number of hydrogen-bond donors (Lipinski definition) is 2. The summed E-state index contributed by atoms with van der Waals surface area (Å²) in [6.07, 6.45) is 0. The molecule has 1 heterocycles. The lowest BCUT2D eigenvalue weighted by Gasteiger charge is -2.12. The first kappa shape index (κ1) is 15.8. The summed E-state index contributed by atoms with van der Waals surface area (Å²) in [5.41, 5.74) is 7.14. The predicted molar refractivity (Wildman–Crippen MR) is 85.1 cm³/mol. The zero-order valence-electron chi connectivity index (χ0n) is 11.9. The second-order valence-electron chi connectivity index (χ2n) is 4.49. The molecule has 0 fully saturated rings. The average Bonchev–Trinajstić information content (AvgIpc) is 2.84. The first-order valence-electron chi connectivity index (χ1n) is 6.49. The Morgan fingerprint density at radius 1 is 1.33 bits per heavy atom. The summed E-state index contributed by atoms with van der Waals surface area (Å²) in [6.45, 7) is 4.39. The molecule has 0 spiro atoms. The number of nitrogens with one attached hydrogen (secondary N) is 1. The molecule has 0 saturated heterocycles. The number of nitrogens with two attached hydrogens (primary N) is 1. The Hall–Kier alpha value is -1.57. The number of sulfonamides is 1. The molecule has 3 N–H and O–H groups in total. The lowest BCUT2D eigenvalue weighted by atomic mass is 10.3. The molecule has 0 aliphatic heterocycles. The van der Waals surface area contributed by atoms with Crippen molar-refractivity contribution in [3.8, 4) is 5.75 Å². The van der Waals surface area contributed by atoms with Crippen LogP contribution in [-0.4, -0.2) is 15.0 Å². The van der Waals surface area contributed by atoms with E-state index in [1.54, 1.807) is 19.1 Å². The van der Waals surface area contributed by atoms with Crippen molar-refractivity contribution in [3.63, 3.8) is 0 Å². The van der Waals surface area contributed by atoms with Gasteiger partial charge in [0, 0.05) is 17.1 Å². The molecule has 0 bridgehead atoms. The van der Waals surface area contributed by atoms with E-state index >= 15 is 0 Å². The molecular weight excluding hydrogens is 308 g/mol. The van der Waals surface area contributed by atoms with Crippen molar-refractivity contribution < 1.29 is 13.2 Å². The minimum Gasteiger partial charge on any atom is -0.492 e. The molecule has 0 aliphatic rings. The standard InChI is InChI=1S/C14H18N2O3S2/c1-3-19-12-5-4-11(15)8-14(12)21(17,18)16-9-13-10(2)6-7-20-13/h4-8,16H,3,9,15H2,1-2H3. The molecule has 0 radical (unpaired) electrons. The van der Waals surface area contributed by atoms with E-state index in [0.29, 0.717) is 18.0 Å². The Morgan fingerprint density at radius 2 is 2.10 bits per heavy atom. The van der Waals surface area contributed by atoms with Crippen LogP contribution in [0.1, 0.15) is 17.4 Å². The number of nitrogen functional groups attached to an aromatic ring is 1. The van der Waals surface area contributed by atoms with Crippen LogP contribution < -0.4 is 15.2 Å². The Kier molecular flexibility index (Phi) is 4.87. The highest BCUT2D eigenvalue weighted by Gasteiger charge is 2.20. The van der Waals surface area contributed by atoms with Crippen LogP contribution in [0, 0.1) is 6.92 Å². The van der Waals surface area contributed by atoms with Gasteiger partial charge in [0.25, 0.3) is 0 Å². The summed E-state index contributed by atoms with van der Waals surface area (Å²) >= 11 is 1.52. The third-order valence-corrected chi connectivity index (χ3v) is 5.39. The topological polar surface area (TPSA) is 81.4 Å². The molecule has 0 unspecified atom stereocenters. The average molecular weight is 326 g/mol. The van der Waals surface area contributed by atoms with E-state index in [-0.39, 0.29) is 11.4 Å². The van der Waals surface area contributed by atoms with Crippen LogP contribution in [0.25, 0.3) is 0 Å². The SMILES string of the molecule is CCOc1ccc(N)cc1S(=O)(=O)NCc1sccc1C. The second kappa shape index (κ2) is 6.46. The van der Waals surface area contributed by atoms with Gasteiger partial charge in [0.1, 0.15) is 10.6 Å². The third-order valence-electron chi connectivity index (χ3n) is 2.95. The number of thiophene rings is 1. The van der Waals surface area contributed by atoms with Gasteiger partial charge in [0.2, 0.25) is 10.0 Å². The fraction of sp³-hybridized carbons (Fsp3) is 0.286. The van der Waals surface area contributed by atoms with Gasteiger partial charge in [-0.3, -0.25) is 0 Å². The zero-order valence-corrected chi connectivity index (χ0v) is 13.6. The quantitative estimate of drug-likeness (QED) is 0.799. The van der Waals surface area contributed by atoms with E-state index in [2.05, 4.69) is 4.72 Å². The van der Waals surface area contributed by atoms with Crippen molar-refractivity contribution in [1.29, 1.82) is 0 Å². The van der Waals surface area contributed by atoms with E-state index in [4.69, 9.17) is 10.5 Å². The van der Waals surface area contributed by atoms with Crippen LogP contribution >= 0.6 is 11.3 Å². The number of benzene rings is 1. The van der Waals surface area contributed by atoms with Crippen LogP contribution in [0.3, 0.4) is 0 Å². The molecule has 0 atom stereocenters. The molecule has 21 heavy (non-hydrogen) atoms. The van der Waals surface area contributed by atoms with Crippen molar-refractivity contribution in [1.82, 2.24) is 4.72 Å². The molecule has 114 valence electrons. The van der Waals surface area contributed by atoms with Crippen LogP contribution in [0.4, 0.5) is 5.69 Å². The van der Waals surface area contributed by atoms with Crippen LogP contribution in [0.2, 0.25) is 0 Å². The van der Waals surface area contributed by atoms with E-state index in [9.17, 15) is 8.42 Å². The fourth-order valence-corrected chi connectivity index (χ4v) is 3.94. The summed E-state index contributed by atoms with van der Waals surface area (Å²) in [5, 5.41) is 1.94. The van der Waals surface area contributed by atoms with Gasteiger partial charge < -0.3 is 10.5 Å². The van der Waals surface area contributed by atoms with Gasteiger partial charge in [-0.15, -0.1) is 11.3 Å². The van der Waals surface area contributed by atoms with E-state index < -0.39 is 10.0 Å². The van der Waals surface area contributed by atoms with Gasteiger partial charge in [-0.05, 0) is 49.1 Å². The Balaban J connectivity index is 2.26. The molecule has 0 saturated carbocycles. The first-order valence-corrected chi connectivity index (χ1v) is 8.85. The van der Waals surface area contributed by atoms with Crippen molar-refractivity contribution in [2.24, 2.45) is 0 Å². The summed E-state index contributed by atoms with van der Waals surface area (Å²) in [5.74, 6) is 0.308. The Morgan fingerprint density at radius 3 is 2.71 bits per heavy atom. The normalized spacial score (nSPS) is 11.5. The third kappa shape index (κ3) is 3.75. The van der Waals surface area contributed by atoms with Gasteiger partial charge in [-0.1, -0.05) is 0 Å². The molecule has 0 aliphatic carbocycles. The smallest absolute Gasteiger partial charge is 0.244 e. The molecule has 0 amide bonds. The van der Waals surface area contributed by atoms with Crippen molar-refractivity contribution in [3.05, 3.63) is 40.1 Å². The lowest BCUT2D eigenvalue weighted by Crippen LogP contribution is -2.24. The number of hydrogen-bond acceptors (Lipinski definition) is 5. The zero-order chi connectivity index (χ0) is 15.5. The molecule has 5 nitrogen and oxygen atoms in total. The maximum absolute atomic E-state index is 12.4.